The van der Waals surface area contributed by atoms with Crippen LogP contribution in [0.5, 0.6) is 0 Å². The van der Waals surface area contributed by atoms with E-state index in [1.165, 1.54) is 28.8 Å². The second kappa shape index (κ2) is 18.9. The number of terminal acetylenes is 1. The fraction of sp³-hybridized carbons (Fsp3) is 0.650. The molecule has 0 bridgehead atoms. The maximum absolute atomic E-state index is 14.3. The Morgan fingerprint density at radius 2 is 1.50 bits per heavy atom. The third-order valence-electron chi connectivity index (χ3n) is 10.2. The number of rotatable bonds is 8. The van der Waals surface area contributed by atoms with Crippen LogP contribution in [-0.2, 0) is 44.7 Å². The fourth-order valence-corrected chi connectivity index (χ4v) is 6.97. The predicted octanol–water partition coefficient (Wildman–Crippen LogP) is 3.60. The van der Waals surface area contributed by atoms with E-state index in [0.29, 0.717) is 25.7 Å². The summed E-state index contributed by atoms with van der Waals surface area (Å²) in [6.07, 6.45) is 5.50. The van der Waals surface area contributed by atoms with E-state index in [-0.39, 0.29) is 25.3 Å². The van der Waals surface area contributed by atoms with Gasteiger partial charge in [0.2, 0.25) is 17.7 Å². The number of hydrogen-bond acceptors (Lipinski definition) is 8. The predicted molar refractivity (Wildman–Crippen MR) is 196 cm³/mol. The summed E-state index contributed by atoms with van der Waals surface area (Å²) in [6.45, 7) is 12.6. The maximum Gasteiger partial charge on any atom is 0.329 e. The van der Waals surface area contributed by atoms with Gasteiger partial charge in [0.15, 0.2) is 6.10 Å². The molecule has 7 atom stereocenters. The Hall–Kier alpha value is -4.40. The number of benzene rings is 1. The van der Waals surface area contributed by atoms with Crippen LogP contribution < -0.4 is 5.32 Å². The highest BCUT2D eigenvalue weighted by molar-refractivity contribution is 5.95. The molecule has 4 amide bonds. The number of esters is 2. The summed E-state index contributed by atoms with van der Waals surface area (Å²) in [6, 6.07) is 5.05. The number of nitrogens with zero attached hydrogens (tertiary/aromatic N) is 3. The molecule has 286 valence electrons. The summed E-state index contributed by atoms with van der Waals surface area (Å²) in [7, 11) is 3.00. The first kappa shape index (κ1) is 42.0. The molecule has 1 aromatic rings. The minimum Gasteiger partial charge on any atom is -0.460 e. The summed E-state index contributed by atoms with van der Waals surface area (Å²) >= 11 is 0. The zero-order chi connectivity index (χ0) is 38.9. The van der Waals surface area contributed by atoms with Gasteiger partial charge in [0.1, 0.15) is 30.3 Å². The Labute approximate surface area is 309 Å². The Balaban J connectivity index is 2.17. The van der Waals surface area contributed by atoms with E-state index < -0.39 is 89.7 Å². The van der Waals surface area contributed by atoms with E-state index in [4.69, 9.17) is 15.9 Å². The van der Waals surface area contributed by atoms with E-state index >= 15 is 0 Å². The zero-order valence-corrected chi connectivity index (χ0v) is 32.3. The molecule has 12 nitrogen and oxygen atoms in total. The molecule has 0 aromatic heterocycles. The molecule has 2 aliphatic rings. The number of carbonyl (C=O) groups excluding carboxylic acids is 6. The number of unbranched alkanes of at least 4 members (excludes halogenated alkanes) is 1. The molecule has 12 heteroatoms. The lowest BCUT2D eigenvalue weighted by Crippen LogP contribution is -2.57. The maximum atomic E-state index is 14.3. The lowest BCUT2D eigenvalue weighted by molar-refractivity contribution is -0.171. The van der Waals surface area contributed by atoms with E-state index in [9.17, 15) is 28.8 Å². The van der Waals surface area contributed by atoms with Crippen LogP contribution in [0.25, 0.3) is 0 Å². The molecule has 2 saturated heterocycles. The molecule has 2 fully saturated rings. The Morgan fingerprint density at radius 3 is 2.08 bits per heavy atom. The molecule has 0 spiro atoms. The van der Waals surface area contributed by atoms with Gasteiger partial charge in [0.05, 0.1) is 5.92 Å². The third kappa shape index (κ3) is 10.1. The Bertz CT molecular complexity index is 1470. The fourth-order valence-electron chi connectivity index (χ4n) is 6.97. The normalized spacial score (nSPS) is 27.5. The first-order chi connectivity index (χ1) is 24.5. The van der Waals surface area contributed by atoms with Gasteiger partial charge in [-0.2, -0.15) is 0 Å². The average molecular weight is 723 g/mol. The molecule has 0 aliphatic carbocycles. The zero-order valence-electron chi connectivity index (χ0n) is 32.3. The number of hydrogen-bond donors (Lipinski definition) is 1. The van der Waals surface area contributed by atoms with Crippen molar-refractivity contribution in [1.82, 2.24) is 20.0 Å². The molecule has 2 heterocycles. The van der Waals surface area contributed by atoms with Crippen molar-refractivity contribution in [3.63, 3.8) is 0 Å². The molecule has 0 saturated carbocycles. The minimum atomic E-state index is -1.24. The van der Waals surface area contributed by atoms with Crippen molar-refractivity contribution in [1.29, 1.82) is 0 Å². The summed E-state index contributed by atoms with van der Waals surface area (Å²) in [5, 5.41) is 2.87. The van der Waals surface area contributed by atoms with Gasteiger partial charge in [0, 0.05) is 33.5 Å². The number of likely N-dealkylation sites (N-methyl/N-ethyl adjacent to an activating group) is 2. The largest absolute Gasteiger partial charge is 0.460 e. The van der Waals surface area contributed by atoms with Crippen LogP contribution in [0.4, 0.5) is 0 Å². The molecule has 52 heavy (non-hydrogen) atoms. The molecular formula is C40H58N4O8. The molecule has 2 aliphatic heterocycles. The standard InChI is InChI=1S/C40H58N4O8/c1-11-12-14-21-31-27(8)35(45)41-32(24(2)3)37(47)42(9)30(23-28-18-15-13-16-19-28)39(49)52-34(26(6)7)38(48)44-22-17-20-29(44)36(46)43(10)33(25(4)5)40(50)51-31/h1,13,15-16,18-19,24-27,29-34H,12,14,17,20-23H2,2-10H3,(H,41,45)/t27-,29+,30+,31-,32+,33+,34+/m1/s1. The van der Waals surface area contributed by atoms with Crippen LogP contribution >= 0.6 is 0 Å². The summed E-state index contributed by atoms with van der Waals surface area (Å²) in [4.78, 5) is 88.7. The minimum absolute atomic E-state index is 0.0928. The summed E-state index contributed by atoms with van der Waals surface area (Å²) < 4.78 is 12.1. The van der Waals surface area contributed by atoms with Gasteiger partial charge in [0.25, 0.3) is 5.91 Å². The van der Waals surface area contributed by atoms with E-state index in [1.807, 2.05) is 30.3 Å². The highest BCUT2D eigenvalue weighted by Gasteiger charge is 2.45. The van der Waals surface area contributed by atoms with Crippen molar-refractivity contribution in [3.8, 4) is 12.3 Å². The van der Waals surface area contributed by atoms with Crippen LogP contribution in [-0.4, -0.2) is 107 Å². The van der Waals surface area contributed by atoms with Gasteiger partial charge in [-0.25, -0.2) is 9.59 Å². The topological polar surface area (TPSA) is 143 Å². The van der Waals surface area contributed by atoms with Crippen LogP contribution in [0.3, 0.4) is 0 Å². The van der Waals surface area contributed by atoms with Crippen LogP contribution in [0, 0.1) is 36.0 Å². The summed E-state index contributed by atoms with van der Waals surface area (Å²) in [5.74, 6) is -3.00. The van der Waals surface area contributed by atoms with Crippen molar-refractivity contribution in [3.05, 3.63) is 35.9 Å². The van der Waals surface area contributed by atoms with Crippen molar-refractivity contribution < 1.29 is 38.2 Å². The highest BCUT2D eigenvalue weighted by Crippen LogP contribution is 2.27. The van der Waals surface area contributed by atoms with E-state index in [0.717, 1.165) is 5.56 Å². The number of cyclic esters (lactones) is 2. The van der Waals surface area contributed by atoms with E-state index in [1.54, 1.807) is 48.5 Å². The molecule has 0 radical (unpaired) electrons. The van der Waals surface area contributed by atoms with Crippen molar-refractivity contribution in [2.24, 2.45) is 23.7 Å². The average Bonchev–Trinajstić information content (AvgIpc) is 3.59. The first-order valence-corrected chi connectivity index (χ1v) is 18.5. The Morgan fingerprint density at radius 1 is 0.846 bits per heavy atom. The SMILES string of the molecule is C#CCCC[C@H]1OC(=O)[C@H](C(C)C)N(C)C(=O)[C@@H]2CCCN2C(=O)[C@H](C(C)C)OC(=O)[C@H](Cc2ccccc2)N(C)C(=O)[C@H](C(C)C)NC(=O)[C@@H]1C. The number of amides is 4. The quantitative estimate of drug-likeness (QED) is 0.244. The molecule has 0 unspecified atom stereocenters. The van der Waals surface area contributed by atoms with Crippen LogP contribution in [0.15, 0.2) is 30.3 Å². The number of nitrogens with one attached hydrogen (secondary N) is 1. The highest BCUT2D eigenvalue weighted by atomic mass is 16.6. The van der Waals surface area contributed by atoms with Crippen LogP contribution in [0.2, 0.25) is 0 Å². The van der Waals surface area contributed by atoms with Crippen molar-refractivity contribution in [2.45, 2.75) is 123 Å². The van der Waals surface area contributed by atoms with Crippen molar-refractivity contribution in [2.75, 3.05) is 20.6 Å². The number of ether oxygens (including phenoxy) is 2. The monoisotopic (exact) mass is 722 g/mol. The van der Waals surface area contributed by atoms with Crippen LogP contribution in [0.1, 0.15) is 86.1 Å². The summed E-state index contributed by atoms with van der Waals surface area (Å²) in [5.41, 5.74) is 0.762. The van der Waals surface area contributed by atoms with Gasteiger partial charge in [-0.1, -0.05) is 78.8 Å². The molecule has 3 rings (SSSR count). The van der Waals surface area contributed by atoms with Gasteiger partial charge in [-0.05, 0) is 49.0 Å². The molecule has 1 aromatic carbocycles. The van der Waals surface area contributed by atoms with E-state index in [2.05, 4.69) is 11.2 Å². The second-order valence-electron chi connectivity index (χ2n) is 15.2. The lowest BCUT2D eigenvalue weighted by Gasteiger charge is -2.36. The smallest absolute Gasteiger partial charge is 0.329 e. The number of carbonyl (C=O) groups is 6. The lowest BCUT2D eigenvalue weighted by atomic mass is 9.95. The third-order valence-corrected chi connectivity index (χ3v) is 10.2. The van der Waals surface area contributed by atoms with Gasteiger partial charge < -0.3 is 29.5 Å². The van der Waals surface area contributed by atoms with Crippen molar-refractivity contribution >= 4 is 35.6 Å². The molecular weight excluding hydrogens is 664 g/mol. The van der Waals surface area contributed by atoms with Gasteiger partial charge in [-0.15, -0.1) is 12.3 Å². The van der Waals surface area contributed by atoms with Gasteiger partial charge in [-0.3, -0.25) is 19.2 Å². The molecule has 1 N–H and O–H groups in total. The Kier molecular flexibility index (Phi) is 15.3. The van der Waals surface area contributed by atoms with Gasteiger partial charge >= 0.3 is 11.9 Å². The second-order valence-corrected chi connectivity index (χ2v) is 15.2. The number of fused-ring (bicyclic) bond motifs is 1. The first-order valence-electron chi connectivity index (χ1n) is 18.5.